The number of aryl methyl sites for hydroxylation is 1. The van der Waals surface area contributed by atoms with E-state index in [-0.39, 0.29) is 0 Å². The van der Waals surface area contributed by atoms with Crippen molar-refractivity contribution in [3.63, 3.8) is 0 Å². The second-order valence-corrected chi connectivity index (χ2v) is 3.79. The fraction of sp³-hybridized carbons (Fsp3) is 0.333. The zero-order chi connectivity index (χ0) is 11.4. The number of aromatic nitrogens is 2. The Balaban J connectivity index is 2.05. The van der Waals surface area contributed by atoms with E-state index in [0.717, 1.165) is 0 Å². The van der Waals surface area contributed by atoms with Crippen LogP contribution in [0.15, 0.2) is 28.7 Å². The van der Waals surface area contributed by atoms with Crippen LogP contribution in [0.25, 0.3) is 0 Å². The first-order valence-corrected chi connectivity index (χ1v) is 5.35. The zero-order valence-electron chi connectivity index (χ0n) is 9.31. The second-order valence-electron chi connectivity index (χ2n) is 3.79. The van der Waals surface area contributed by atoms with Crippen LogP contribution in [0.5, 0.6) is 0 Å². The maximum absolute atomic E-state index is 5.46. The van der Waals surface area contributed by atoms with Crippen molar-refractivity contribution in [2.24, 2.45) is 5.73 Å². The Kier molecular flexibility index (Phi) is 3.31. The normalized spacial score (nSPS) is 10.6. The molecule has 2 rings (SSSR count). The van der Waals surface area contributed by atoms with E-state index in [0.29, 0.717) is 31.2 Å². The number of hydrogen-bond acceptors (Lipinski definition) is 4. The molecule has 0 aliphatic carbocycles. The number of hydrogen-bond donors (Lipinski definition) is 1. The molecule has 0 unspecified atom stereocenters. The number of benzene rings is 1. The van der Waals surface area contributed by atoms with E-state index in [9.17, 15) is 0 Å². The fourth-order valence-electron chi connectivity index (χ4n) is 1.46. The molecule has 84 valence electrons. The highest BCUT2D eigenvalue weighted by Crippen LogP contribution is 2.09. The maximum atomic E-state index is 5.46. The van der Waals surface area contributed by atoms with Gasteiger partial charge in [0.05, 0.1) is 6.42 Å². The van der Waals surface area contributed by atoms with Crippen LogP contribution in [0.2, 0.25) is 0 Å². The summed E-state index contributed by atoms with van der Waals surface area (Å²) in [5.41, 5.74) is 7.83. The lowest BCUT2D eigenvalue weighted by molar-refractivity contribution is 0.458. The van der Waals surface area contributed by atoms with E-state index in [1.807, 2.05) is 0 Å². The topological polar surface area (TPSA) is 64.9 Å². The lowest BCUT2D eigenvalue weighted by atomic mass is 10.1. The molecule has 0 radical (unpaired) electrons. The largest absolute Gasteiger partial charge is 0.425 e. The molecule has 0 aliphatic rings. The van der Waals surface area contributed by atoms with Crippen LogP contribution in [0, 0.1) is 6.92 Å². The smallest absolute Gasteiger partial charge is 0.220 e. The number of nitrogens with two attached hydrogens (primary N) is 1. The van der Waals surface area contributed by atoms with E-state index in [2.05, 4.69) is 41.4 Å². The standard InChI is InChI=1S/C12H15N3O/c1-9-2-4-10(5-3-9)8-12-15-14-11(16-12)6-7-13/h2-5H,6-8,13H2,1H3. The molecule has 4 nitrogen and oxygen atoms in total. The molecule has 16 heavy (non-hydrogen) atoms. The Morgan fingerprint density at radius 2 is 1.81 bits per heavy atom. The van der Waals surface area contributed by atoms with E-state index < -0.39 is 0 Å². The lowest BCUT2D eigenvalue weighted by Crippen LogP contribution is -2.02. The van der Waals surface area contributed by atoms with Gasteiger partial charge in [-0.1, -0.05) is 29.8 Å². The highest BCUT2D eigenvalue weighted by molar-refractivity contribution is 5.23. The monoisotopic (exact) mass is 217 g/mol. The van der Waals surface area contributed by atoms with Crippen LogP contribution in [-0.4, -0.2) is 16.7 Å². The second kappa shape index (κ2) is 4.90. The van der Waals surface area contributed by atoms with Gasteiger partial charge >= 0.3 is 0 Å². The quantitative estimate of drug-likeness (QED) is 0.842. The summed E-state index contributed by atoms with van der Waals surface area (Å²) in [6.07, 6.45) is 1.32. The van der Waals surface area contributed by atoms with Gasteiger partial charge in [-0.05, 0) is 12.5 Å². The molecule has 0 saturated heterocycles. The molecule has 1 heterocycles. The minimum Gasteiger partial charge on any atom is -0.425 e. The molecule has 0 amide bonds. The van der Waals surface area contributed by atoms with Crippen LogP contribution in [0.3, 0.4) is 0 Å². The van der Waals surface area contributed by atoms with Crippen molar-refractivity contribution in [3.8, 4) is 0 Å². The Hall–Kier alpha value is -1.68. The Morgan fingerprint density at radius 3 is 2.50 bits per heavy atom. The molecular weight excluding hydrogens is 202 g/mol. The third kappa shape index (κ3) is 2.67. The van der Waals surface area contributed by atoms with Crippen LogP contribution in [-0.2, 0) is 12.8 Å². The summed E-state index contributed by atoms with van der Waals surface area (Å²) in [6, 6.07) is 8.29. The molecule has 0 bridgehead atoms. The van der Waals surface area contributed by atoms with E-state index >= 15 is 0 Å². The molecule has 0 atom stereocenters. The maximum Gasteiger partial charge on any atom is 0.220 e. The van der Waals surface area contributed by atoms with Crippen molar-refractivity contribution >= 4 is 0 Å². The summed E-state index contributed by atoms with van der Waals surface area (Å²) in [6.45, 7) is 2.60. The Labute approximate surface area is 94.5 Å². The van der Waals surface area contributed by atoms with Crippen LogP contribution in [0.1, 0.15) is 22.9 Å². The lowest BCUT2D eigenvalue weighted by Gasteiger charge is -1.97. The van der Waals surface area contributed by atoms with Gasteiger partial charge in [-0.25, -0.2) is 0 Å². The Bertz CT molecular complexity index is 448. The molecule has 1 aromatic carbocycles. The first-order chi connectivity index (χ1) is 7.78. The molecule has 2 N–H and O–H groups in total. The number of rotatable bonds is 4. The first kappa shape index (κ1) is 10.8. The predicted octanol–water partition coefficient (Wildman–Crippen LogP) is 1.47. The summed E-state index contributed by atoms with van der Waals surface area (Å²) >= 11 is 0. The fourth-order valence-corrected chi connectivity index (χ4v) is 1.46. The minimum atomic E-state index is 0.534. The average Bonchev–Trinajstić information content (AvgIpc) is 2.70. The van der Waals surface area contributed by atoms with Crippen LogP contribution < -0.4 is 5.73 Å². The van der Waals surface area contributed by atoms with Crippen LogP contribution >= 0.6 is 0 Å². The first-order valence-electron chi connectivity index (χ1n) is 5.35. The van der Waals surface area contributed by atoms with Crippen molar-refractivity contribution in [2.45, 2.75) is 19.8 Å². The molecule has 4 heteroatoms. The predicted molar refractivity (Wildman–Crippen MR) is 61.0 cm³/mol. The van der Waals surface area contributed by atoms with Gasteiger partial charge in [0.25, 0.3) is 0 Å². The molecular formula is C12H15N3O. The highest BCUT2D eigenvalue weighted by Gasteiger charge is 2.05. The van der Waals surface area contributed by atoms with Gasteiger partial charge in [0.2, 0.25) is 11.8 Å². The van der Waals surface area contributed by atoms with E-state index in [4.69, 9.17) is 10.2 Å². The molecule has 0 spiro atoms. The SMILES string of the molecule is Cc1ccc(Cc2nnc(CCN)o2)cc1. The molecule has 0 saturated carbocycles. The van der Waals surface area contributed by atoms with Crippen molar-refractivity contribution < 1.29 is 4.42 Å². The average molecular weight is 217 g/mol. The van der Waals surface area contributed by atoms with Gasteiger partial charge in [-0.3, -0.25) is 0 Å². The van der Waals surface area contributed by atoms with Gasteiger partial charge in [0.1, 0.15) is 0 Å². The van der Waals surface area contributed by atoms with Crippen molar-refractivity contribution in [3.05, 3.63) is 47.2 Å². The van der Waals surface area contributed by atoms with Crippen molar-refractivity contribution in [1.29, 1.82) is 0 Å². The van der Waals surface area contributed by atoms with Crippen LogP contribution in [0.4, 0.5) is 0 Å². The summed E-state index contributed by atoms with van der Waals surface area (Å²) in [5, 5.41) is 7.90. The molecule has 0 fully saturated rings. The van der Waals surface area contributed by atoms with Gasteiger partial charge in [-0.15, -0.1) is 10.2 Å². The van der Waals surface area contributed by atoms with E-state index in [1.54, 1.807) is 0 Å². The summed E-state index contributed by atoms with van der Waals surface area (Å²) in [7, 11) is 0. The molecule has 0 aliphatic heterocycles. The third-order valence-electron chi connectivity index (χ3n) is 2.34. The van der Waals surface area contributed by atoms with Gasteiger partial charge in [0.15, 0.2) is 0 Å². The summed E-state index contributed by atoms with van der Waals surface area (Å²) in [5.74, 6) is 1.26. The van der Waals surface area contributed by atoms with Crippen molar-refractivity contribution in [1.82, 2.24) is 10.2 Å². The molecule has 2 aromatic rings. The Morgan fingerprint density at radius 1 is 1.12 bits per heavy atom. The number of nitrogens with zero attached hydrogens (tertiary/aromatic N) is 2. The molecule has 1 aromatic heterocycles. The third-order valence-corrected chi connectivity index (χ3v) is 2.34. The van der Waals surface area contributed by atoms with Gasteiger partial charge in [0, 0.05) is 13.0 Å². The highest BCUT2D eigenvalue weighted by atomic mass is 16.4. The summed E-state index contributed by atoms with van der Waals surface area (Å²) < 4.78 is 5.46. The van der Waals surface area contributed by atoms with Gasteiger partial charge in [-0.2, -0.15) is 0 Å². The van der Waals surface area contributed by atoms with E-state index in [1.165, 1.54) is 11.1 Å². The minimum absolute atomic E-state index is 0.534. The summed E-state index contributed by atoms with van der Waals surface area (Å²) in [4.78, 5) is 0. The van der Waals surface area contributed by atoms with Crippen molar-refractivity contribution in [2.75, 3.05) is 6.54 Å². The van der Waals surface area contributed by atoms with Gasteiger partial charge < -0.3 is 10.2 Å². The zero-order valence-corrected chi connectivity index (χ0v) is 9.31.